The van der Waals surface area contributed by atoms with Crippen molar-refractivity contribution in [3.63, 3.8) is 0 Å². The van der Waals surface area contributed by atoms with Crippen molar-refractivity contribution in [1.29, 1.82) is 0 Å². The highest BCUT2D eigenvalue weighted by Gasteiger charge is 2.24. The van der Waals surface area contributed by atoms with E-state index in [2.05, 4.69) is 26.1 Å². The predicted molar refractivity (Wildman–Crippen MR) is 65.1 cm³/mol. The summed E-state index contributed by atoms with van der Waals surface area (Å²) in [4.78, 5) is 0. The molecule has 90 valence electrons. The van der Waals surface area contributed by atoms with E-state index in [1.807, 2.05) is 0 Å². The van der Waals surface area contributed by atoms with Gasteiger partial charge in [0.15, 0.2) is 0 Å². The van der Waals surface area contributed by atoms with Crippen molar-refractivity contribution in [3.8, 4) is 0 Å². The van der Waals surface area contributed by atoms with Gasteiger partial charge in [-0.25, -0.2) is 0 Å². The van der Waals surface area contributed by atoms with Gasteiger partial charge in [0, 0.05) is 19.3 Å². The summed E-state index contributed by atoms with van der Waals surface area (Å²) in [5.41, 5.74) is 0. The van der Waals surface area contributed by atoms with Crippen LogP contribution in [-0.4, -0.2) is 25.8 Å². The Morgan fingerprint density at radius 1 is 1.20 bits per heavy atom. The lowest BCUT2D eigenvalue weighted by Crippen LogP contribution is -2.35. The van der Waals surface area contributed by atoms with Gasteiger partial charge in [0.2, 0.25) is 0 Å². The summed E-state index contributed by atoms with van der Waals surface area (Å²) in [6.07, 6.45) is 5.56. The molecular formula is C13H27NO. The van der Waals surface area contributed by atoms with Crippen molar-refractivity contribution in [2.45, 2.75) is 52.5 Å². The van der Waals surface area contributed by atoms with Crippen LogP contribution in [0.4, 0.5) is 0 Å². The first kappa shape index (κ1) is 13.0. The zero-order valence-corrected chi connectivity index (χ0v) is 10.6. The zero-order valence-electron chi connectivity index (χ0n) is 10.6. The summed E-state index contributed by atoms with van der Waals surface area (Å²) in [5, 5.41) is 3.57. The Kier molecular flexibility index (Phi) is 6.26. The SMILES string of the molecule is CCOCC1CCCCC1CNC(C)C. The number of hydrogen-bond acceptors (Lipinski definition) is 2. The molecule has 0 spiro atoms. The smallest absolute Gasteiger partial charge is 0.0497 e. The van der Waals surface area contributed by atoms with Crippen LogP contribution >= 0.6 is 0 Å². The molecule has 1 aliphatic carbocycles. The van der Waals surface area contributed by atoms with Gasteiger partial charge < -0.3 is 10.1 Å². The summed E-state index contributed by atoms with van der Waals surface area (Å²) in [7, 11) is 0. The second-order valence-electron chi connectivity index (χ2n) is 5.03. The lowest BCUT2D eigenvalue weighted by atomic mass is 9.79. The zero-order chi connectivity index (χ0) is 11.1. The van der Waals surface area contributed by atoms with Crippen molar-refractivity contribution >= 4 is 0 Å². The maximum absolute atomic E-state index is 5.58. The Labute approximate surface area is 94.8 Å². The van der Waals surface area contributed by atoms with Crippen LogP contribution in [-0.2, 0) is 4.74 Å². The third kappa shape index (κ3) is 4.98. The van der Waals surface area contributed by atoms with E-state index in [0.717, 1.165) is 25.0 Å². The van der Waals surface area contributed by atoms with Crippen LogP contribution in [0.2, 0.25) is 0 Å². The fraction of sp³-hybridized carbons (Fsp3) is 1.00. The number of hydrogen-bond donors (Lipinski definition) is 1. The molecular weight excluding hydrogens is 186 g/mol. The van der Waals surface area contributed by atoms with E-state index in [-0.39, 0.29) is 0 Å². The first-order chi connectivity index (χ1) is 7.24. The minimum atomic E-state index is 0.611. The second-order valence-corrected chi connectivity index (χ2v) is 5.03. The van der Waals surface area contributed by atoms with Crippen LogP contribution in [0.5, 0.6) is 0 Å². The van der Waals surface area contributed by atoms with Crippen LogP contribution in [0.3, 0.4) is 0 Å². The molecule has 0 bridgehead atoms. The molecule has 0 aromatic rings. The summed E-state index contributed by atoms with van der Waals surface area (Å²) in [6, 6.07) is 0.611. The highest BCUT2D eigenvalue weighted by Crippen LogP contribution is 2.29. The summed E-state index contributed by atoms with van der Waals surface area (Å²) >= 11 is 0. The fourth-order valence-corrected chi connectivity index (χ4v) is 2.43. The normalized spacial score (nSPS) is 27.2. The van der Waals surface area contributed by atoms with E-state index in [4.69, 9.17) is 4.74 Å². The molecule has 2 nitrogen and oxygen atoms in total. The Hall–Kier alpha value is -0.0800. The maximum atomic E-state index is 5.58. The van der Waals surface area contributed by atoms with Gasteiger partial charge in [-0.15, -0.1) is 0 Å². The van der Waals surface area contributed by atoms with Gasteiger partial charge in [-0.2, -0.15) is 0 Å². The molecule has 1 fully saturated rings. The molecule has 0 aromatic carbocycles. The van der Waals surface area contributed by atoms with E-state index in [9.17, 15) is 0 Å². The van der Waals surface area contributed by atoms with Crippen molar-refractivity contribution in [2.75, 3.05) is 19.8 Å². The van der Waals surface area contributed by atoms with Gasteiger partial charge in [-0.3, -0.25) is 0 Å². The molecule has 2 heteroatoms. The molecule has 15 heavy (non-hydrogen) atoms. The second kappa shape index (κ2) is 7.24. The average Bonchev–Trinajstić information content (AvgIpc) is 2.24. The molecule has 0 aromatic heterocycles. The molecule has 2 atom stereocenters. The van der Waals surface area contributed by atoms with E-state index in [1.54, 1.807) is 0 Å². The third-order valence-electron chi connectivity index (χ3n) is 3.39. The predicted octanol–water partition coefficient (Wildman–Crippen LogP) is 2.83. The highest BCUT2D eigenvalue weighted by atomic mass is 16.5. The number of ether oxygens (including phenoxy) is 1. The van der Waals surface area contributed by atoms with E-state index in [1.165, 1.54) is 32.2 Å². The number of nitrogens with one attached hydrogen (secondary N) is 1. The lowest BCUT2D eigenvalue weighted by molar-refractivity contribution is 0.0655. The molecule has 0 saturated heterocycles. The summed E-state index contributed by atoms with van der Waals surface area (Å²) in [6.45, 7) is 9.54. The molecule has 2 unspecified atom stereocenters. The maximum Gasteiger partial charge on any atom is 0.0497 e. The minimum Gasteiger partial charge on any atom is -0.381 e. The van der Waals surface area contributed by atoms with Crippen molar-refractivity contribution in [3.05, 3.63) is 0 Å². The van der Waals surface area contributed by atoms with Gasteiger partial charge >= 0.3 is 0 Å². The molecule has 1 rings (SSSR count). The Morgan fingerprint density at radius 3 is 2.47 bits per heavy atom. The monoisotopic (exact) mass is 213 g/mol. The van der Waals surface area contributed by atoms with Crippen LogP contribution in [0.25, 0.3) is 0 Å². The fourth-order valence-electron chi connectivity index (χ4n) is 2.43. The lowest BCUT2D eigenvalue weighted by Gasteiger charge is -2.32. The quantitative estimate of drug-likeness (QED) is 0.732. The molecule has 1 N–H and O–H groups in total. The first-order valence-corrected chi connectivity index (χ1v) is 6.55. The Balaban J connectivity index is 2.29. The standard InChI is InChI=1S/C13H27NO/c1-4-15-10-13-8-6-5-7-12(13)9-14-11(2)3/h11-14H,4-10H2,1-3H3. The van der Waals surface area contributed by atoms with Gasteiger partial charge in [0.25, 0.3) is 0 Å². The van der Waals surface area contributed by atoms with Crippen LogP contribution in [0, 0.1) is 11.8 Å². The van der Waals surface area contributed by atoms with Crippen molar-refractivity contribution in [2.24, 2.45) is 11.8 Å². The molecule has 0 radical (unpaired) electrons. The average molecular weight is 213 g/mol. The third-order valence-corrected chi connectivity index (χ3v) is 3.39. The largest absolute Gasteiger partial charge is 0.381 e. The van der Waals surface area contributed by atoms with Crippen LogP contribution in [0.1, 0.15) is 46.5 Å². The Bertz CT molecular complexity index is 159. The van der Waals surface area contributed by atoms with Gasteiger partial charge in [-0.1, -0.05) is 26.7 Å². The van der Waals surface area contributed by atoms with Crippen LogP contribution < -0.4 is 5.32 Å². The number of rotatable bonds is 6. The minimum absolute atomic E-state index is 0.611. The first-order valence-electron chi connectivity index (χ1n) is 6.55. The van der Waals surface area contributed by atoms with E-state index in [0.29, 0.717) is 6.04 Å². The molecule has 1 aliphatic rings. The van der Waals surface area contributed by atoms with Crippen molar-refractivity contribution in [1.82, 2.24) is 5.32 Å². The molecule has 0 amide bonds. The van der Waals surface area contributed by atoms with Crippen LogP contribution in [0.15, 0.2) is 0 Å². The molecule has 0 aliphatic heterocycles. The summed E-state index contributed by atoms with van der Waals surface area (Å²) in [5.74, 6) is 1.64. The molecule has 0 heterocycles. The summed E-state index contributed by atoms with van der Waals surface area (Å²) < 4.78 is 5.58. The van der Waals surface area contributed by atoms with Gasteiger partial charge in [-0.05, 0) is 38.1 Å². The van der Waals surface area contributed by atoms with Gasteiger partial charge in [0.1, 0.15) is 0 Å². The van der Waals surface area contributed by atoms with Gasteiger partial charge in [0.05, 0.1) is 0 Å². The van der Waals surface area contributed by atoms with E-state index < -0.39 is 0 Å². The van der Waals surface area contributed by atoms with E-state index >= 15 is 0 Å². The molecule has 1 saturated carbocycles. The highest BCUT2D eigenvalue weighted by molar-refractivity contribution is 4.77. The topological polar surface area (TPSA) is 21.3 Å². The van der Waals surface area contributed by atoms with Crippen molar-refractivity contribution < 1.29 is 4.74 Å². The Morgan fingerprint density at radius 2 is 1.87 bits per heavy atom.